The summed E-state index contributed by atoms with van der Waals surface area (Å²) >= 11 is 0. The van der Waals surface area contributed by atoms with Crippen LogP contribution >= 0.6 is 37.2 Å². The van der Waals surface area contributed by atoms with Crippen molar-refractivity contribution in [3.05, 3.63) is 0 Å². The van der Waals surface area contributed by atoms with E-state index >= 15 is 0 Å². The van der Waals surface area contributed by atoms with Crippen LogP contribution in [0.2, 0.25) is 0 Å². The molecule has 0 radical (unpaired) electrons. The highest BCUT2D eigenvalue weighted by Crippen LogP contribution is 2.68. The Morgan fingerprint density at radius 2 is 1.59 bits per heavy atom. The maximum absolute atomic E-state index is 11.6. The summed E-state index contributed by atoms with van der Waals surface area (Å²) in [6.45, 7) is 10.9. The van der Waals surface area contributed by atoms with Gasteiger partial charge >= 0.3 is 10.4 Å². The number of hydrogen-bond donors (Lipinski definition) is 5. The molecule has 4 aliphatic rings. The van der Waals surface area contributed by atoms with Gasteiger partial charge in [-0.15, -0.1) is 37.2 Å². The van der Waals surface area contributed by atoms with Gasteiger partial charge in [0.2, 0.25) is 0 Å². The number of nitrogens with two attached hydrogens (primary N) is 1. The molecule has 10 atom stereocenters. The molecule has 0 aliphatic heterocycles. The normalized spacial score (nSPS) is 38.7. The van der Waals surface area contributed by atoms with E-state index in [1.807, 2.05) is 0 Å². The minimum Gasteiger partial charge on any atom is -0.393 e. The summed E-state index contributed by atoms with van der Waals surface area (Å²) in [7, 11) is -4.42. The molecule has 6 N–H and O–H groups in total. The van der Waals surface area contributed by atoms with Gasteiger partial charge in [0.1, 0.15) is 0 Å². The maximum atomic E-state index is 11.6. The van der Waals surface area contributed by atoms with E-state index in [9.17, 15) is 13.5 Å². The molecule has 8 nitrogen and oxygen atoms in total. The van der Waals surface area contributed by atoms with Crippen LogP contribution in [0.3, 0.4) is 0 Å². The predicted octanol–water partition coefficient (Wildman–Crippen LogP) is 5.01. The monoisotopic (exact) mass is 665 g/mol. The molecule has 3 unspecified atom stereocenters. The standard InChI is InChI=1S/C29H55N3O5S.3ClH/c1-20(19-37-38(34,35)36)23-7-8-24-27-25(10-12-29(23,24)3)28(2)11-9-22(17-21(28)18-26(27)33)32-16-6-15-31-14-5-4-13-30;;;/h20-27,31-33H,4-19,30H2,1-3H3,(H,34,35,36);3*1H/t20-,21-,22+,23?,24+,25?,26-,27?,28+,29-;;;/m1.../s1. The first-order valence-corrected chi connectivity index (χ1v) is 16.8. The van der Waals surface area contributed by atoms with Gasteiger partial charge in [0.15, 0.2) is 0 Å². The Bertz CT molecular complexity index is 890. The minimum atomic E-state index is -4.42. The highest BCUT2D eigenvalue weighted by molar-refractivity contribution is 7.80. The summed E-state index contributed by atoms with van der Waals surface area (Å²) in [6.07, 6.45) is 12.1. The second-order valence-electron chi connectivity index (χ2n) is 13.7. The van der Waals surface area contributed by atoms with Crippen molar-refractivity contribution >= 4 is 47.6 Å². The summed E-state index contributed by atoms with van der Waals surface area (Å²) in [5.41, 5.74) is 5.94. The molecular weight excluding hydrogens is 609 g/mol. The fraction of sp³-hybridized carbons (Fsp3) is 1.00. The van der Waals surface area contributed by atoms with Gasteiger partial charge in [0.05, 0.1) is 12.7 Å². The molecule has 0 heterocycles. The second-order valence-corrected chi connectivity index (χ2v) is 14.8. The van der Waals surface area contributed by atoms with Gasteiger partial charge in [-0.2, -0.15) is 8.42 Å². The van der Waals surface area contributed by atoms with Gasteiger partial charge in [0.25, 0.3) is 0 Å². The quantitative estimate of drug-likeness (QED) is 0.137. The molecule has 0 aromatic rings. The van der Waals surface area contributed by atoms with E-state index < -0.39 is 10.4 Å². The van der Waals surface area contributed by atoms with Gasteiger partial charge < -0.3 is 21.5 Å². The number of hydrogen-bond acceptors (Lipinski definition) is 7. The third-order valence-corrected chi connectivity index (χ3v) is 12.1. The van der Waals surface area contributed by atoms with Crippen molar-refractivity contribution in [3.63, 3.8) is 0 Å². The Morgan fingerprint density at radius 1 is 0.927 bits per heavy atom. The molecule has 12 heteroatoms. The minimum absolute atomic E-state index is 0. The van der Waals surface area contributed by atoms with E-state index in [0.717, 1.165) is 77.5 Å². The fourth-order valence-electron chi connectivity index (χ4n) is 9.73. The molecule has 0 bridgehead atoms. The lowest BCUT2D eigenvalue weighted by Crippen LogP contribution is -2.59. The van der Waals surface area contributed by atoms with Gasteiger partial charge in [-0.05, 0) is 143 Å². The molecule has 4 fully saturated rings. The van der Waals surface area contributed by atoms with E-state index in [0.29, 0.717) is 41.0 Å². The number of unbranched alkanes of at least 4 members (excludes halogenated alkanes) is 1. The first kappa shape index (κ1) is 39.6. The second kappa shape index (κ2) is 16.8. The largest absolute Gasteiger partial charge is 0.397 e. The summed E-state index contributed by atoms with van der Waals surface area (Å²) in [4.78, 5) is 0. The van der Waals surface area contributed by atoms with Gasteiger partial charge in [-0.3, -0.25) is 4.55 Å². The third kappa shape index (κ3) is 9.08. The third-order valence-electron chi connectivity index (χ3n) is 11.7. The number of rotatable bonds is 13. The van der Waals surface area contributed by atoms with Crippen LogP contribution in [0.25, 0.3) is 0 Å². The Balaban J connectivity index is 0.00000280. The van der Waals surface area contributed by atoms with Crippen molar-refractivity contribution in [3.8, 4) is 0 Å². The molecule has 0 aromatic carbocycles. The zero-order valence-corrected chi connectivity index (χ0v) is 28.5. The van der Waals surface area contributed by atoms with Crippen molar-refractivity contribution < 1.29 is 22.3 Å². The molecule has 4 rings (SSSR count). The molecule has 0 amide bonds. The van der Waals surface area contributed by atoms with Crippen molar-refractivity contribution in [1.82, 2.24) is 10.6 Å². The predicted molar refractivity (Wildman–Crippen MR) is 173 cm³/mol. The highest BCUT2D eigenvalue weighted by Gasteiger charge is 2.62. The smallest absolute Gasteiger partial charge is 0.393 e. The van der Waals surface area contributed by atoms with Crippen LogP contribution < -0.4 is 16.4 Å². The van der Waals surface area contributed by atoms with Crippen molar-refractivity contribution in [2.75, 3.05) is 32.8 Å². The lowest BCUT2D eigenvalue weighted by Gasteiger charge is -2.62. The highest BCUT2D eigenvalue weighted by atomic mass is 35.5. The first-order valence-electron chi connectivity index (χ1n) is 15.4. The molecule has 4 saturated carbocycles. The molecule has 0 aromatic heterocycles. The van der Waals surface area contributed by atoms with Crippen molar-refractivity contribution in [2.24, 2.45) is 52.1 Å². The lowest BCUT2D eigenvalue weighted by atomic mass is 9.43. The Hall–Kier alpha value is 0.580. The van der Waals surface area contributed by atoms with Crippen LogP contribution in [-0.2, 0) is 14.6 Å². The lowest BCUT2D eigenvalue weighted by molar-refractivity contribution is -0.167. The Morgan fingerprint density at radius 3 is 2.27 bits per heavy atom. The summed E-state index contributed by atoms with van der Waals surface area (Å²) in [5.74, 6) is 2.35. The topological polar surface area (TPSA) is 134 Å². The van der Waals surface area contributed by atoms with Crippen LogP contribution in [0.15, 0.2) is 0 Å². The molecule has 0 saturated heterocycles. The van der Waals surface area contributed by atoms with Crippen LogP contribution in [0, 0.1) is 46.3 Å². The van der Waals surface area contributed by atoms with E-state index in [1.54, 1.807) is 0 Å². The van der Waals surface area contributed by atoms with Crippen LogP contribution in [0.5, 0.6) is 0 Å². The van der Waals surface area contributed by atoms with Gasteiger partial charge in [-0.25, -0.2) is 4.18 Å². The SMILES string of the molecule is C[C@H](COS(=O)(=O)O)C1CC[C@H]2C3C(CC[C@]12C)[C@@]1(C)CC[C@H](NCCCNCCCCN)C[C@@H]1C[C@H]3O.Cl.Cl.Cl. The Kier molecular flexibility index (Phi) is 16.2. The fourth-order valence-corrected chi connectivity index (χ4v) is 10.1. The van der Waals surface area contributed by atoms with E-state index in [4.69, 9.17) is 14.5 Å². The first-order chi connectivity index (χ1) is 18.0. The van der Waals surface area contributed by atoms with E-state index in [1.165, 1.54) is 19.3 Å². The van der Waals surface area contributed by atoms with Gasteiger partial charge in [-0.1, -0.05) is 20.8 Å². The van der Waals surface area contributed by atoms with Crippen molar-refractivity contribution in [1.29, 1.82) is 0 Å². The zero-order valence-electron chi connectivity index (χ0n) is 25.3. The van der Waals surface area contributed by atoms with Gasteiger partial charge in [0, 0.05) is 6.04 Å². The van der Waals surface area contributed by atoms with Crippen molar-refractivity contribution in [2.45, 2.75) is 104 Å². The Labute approximate surface area is 268 Å². The average molecular weight is 667 g/mol. The van der Waals surface area contributed by atoms with E-state index in [2.05, 4.69) is 31.4 Å². The molecule has 0 spiro atoms. The summed E-state index contributed by atoms with van der Waals surface area (Å²) in [5, 5.41) is 18.9. The van der Waals surface area contributed by atoms with E-state index in [-0.39, 0.29) is 61.3 Å². The number of aliphatic hydroxyl groups is 1. The number of fused-ring (bicyclic) bond motifs is 5. The van der Waals surface area contributed by atoms with Crippen LogP contribution in [0.4, 0.5) is 0 Å². The van der Waals surface area contributed by atoms with Crippen LogP contribution in [0.1, 0.15) is 91.4 Å². The number of halogens is 3. The summed E-state index contributed by atoms with van der Waals surface area (Å²) < 4.78 is 36.2. The summed E-state index contributed by atoms with van der Waals surface area (Å²) in [6, 6.07) is 0.558. The molecule has 41 heavy (non-hydrogen) atoms. The number of aliphatic hydroxyl groups excluding tert-OH is 1. The maximum Gasteiger partial charge on any atom is 0.397 e. The number of nitrogens with one attached hydrogen (secondary N) is 2. The van der Waals surface area contributed by atoms with Crippen LogP contribution in [-0.4, -0.2) is 63.0 Å². The average Bonchev–Trinajstić information content (AvgIpc) is 3.21. The molecule has 246 valence electrons. The zero-order chi connectivity index (χ0) is 27.6. The molecular formula is C29H58Cl3N3O5S. The molecule has 4 aliphatic carbocycles.